The van der Waals surface area contributed by atoms with Crippen LogP contribution in [0.25, 0.3) is 0 Å². The fourth-order valence-electron chi connectivity index (χ4n) is 2.28. The molecule has 1 aliphatic rings. The van der Waals surface area contributed by atoms with Gasteiger partial charge in [-0.05, 0) is 31.4 Å². The van der Waals surface area contributed by atoms with Gasteiger partial charge in [0, 0.05) is 9.75 Å². The molecule has 0 saturated heterocycles. The van der Waals surface area contributed by atoms with Crippen LogP contribution >= 0.6 is 11.3 Å². The Bertz CT molecular complexity index is 394. The van der Waals surface area contributed by atoms with Crippen molar-refractivity contribution in [3.63, 3.8) is 0 Å². The SMILES string of the molecule is CCc1ccc(CNC(=O)C2(N)CCCC2)s1. The minimum Gasteiger partial charge on any atom is -0.350 e. The number of hydrogen-bond donors (Lipinski definition) is 2. The van der Waals surface area contributed by atoms with Crippen LogP contribution in [0.2, 0.25) is 0 Å². The fourth-order valence-corrected chi connectivity index (χ4v) is 3.18. The summed E-state index contributed by atoms with van der Waals surface area (Å²) in [4.78, 5) is 14.5. The van der Waals surface area contributed by atoms with Crippen molar-refractivity contribution >= 4 is 17.2 Å². The van der Waals surface area contributed by atoms with Crippen molar-refractivity contribution < 1.29 is 4.79 Å². The van der Waals surface area contributed by atoms with Crippen molar-refractivity contribution in [1.82, 2.24) is 5.32 Å². The molecule has 0 aliphatic heterocycles. The third-order valence-corrected chi connectivity index (χ3v) is 4.67. The Morgan fingerprint density at radius 3 is 2.65 bits per heavy atom. The Morgan fingerprint density at radius 2 is 2.06 bits per heavy atom. The van der Waals surface area contributed by atoms with Gasteiger partial charge in [0.15, 0.2) is 0 Å². The zero-order valence-corrected chi connectivity index (χ0v) is 11.1. The summed E-state index contributed by atoms with van der Waals surface area (Å²) < 4.78 is 0. The highest BCUT2D eigenvalue weighted by molar-refractivity contribution is 7.11. The number of hydrogen-bond acceptors (Lipinski definition) is 3. The fraction of sp³-hybridized carbons (Fsp3) is 0.615. The number of amides is 1. The molecule has 1 amide bonds. The molecule has 0 bridgehead atoms. The molecule has 3 N–H and O–H groups in total. The maximum atomic E-state index is 12.0. The minimum absolute atomic E-state index is 0.0152. The Labute approximate surface area is 106 Å². The van der Waals surface area contributed by atoms with Gasteiger partial charge in [-0.15, -0.1) is 11.3 Å². The van der Waals surface area contributed by atoms with Crippen LogP contribution in [0.1, 0.15) is 42.4 Å². The van der Waals surface area contributed by atoms with Crippen molar-refractivity contribution in [3.8, 4) is 0 Å². The minimum atomic E-state index is -0.606. The normalized spacial score (nSPS) is 18.2. The molecule has 4 heteroatoms. The van der Waals surface area contributed by atoms with Gasteiger partial charge in [-0.3, -0.25) is 4.79 Å². The maximum absolute atomic E-state index is 12.0. The first-order valence-corrected chi connectivity index (χ1v) is 7.10. The molecule has 94 valence electrons. The Hall–Kier alpha value is -0.870. The van der Waals surface area contributed by atoms with Gasteiger partial charge in [0.25, 0.3) is 0 Å². The Kier molecular flexibility index (Phi) is 3.84. The molecule has 1 aliphatic carbocycles. The van der Waals surface area contributed by atoms with E-state index in [9.17, 15) is 4.79 Å². The van der Waals surface area contributed by atoms with Crippen LogP contribution in [0.3, 0.4) is 0 Å². The maximum Gasteiger partial charge on any atom is 0.240 e. The average molecular weight is 252 g/mol. The van der Waals surface area contributed by atoms with Gasteiger partial charge in [0.05, 0.1) is 12.1 Å². The Morgan fingerprint density at radius 1 is 1.41 bits per heavy atom. The second-order valence-corrected chi connectivity index (χ2v) is 6.02. The van der Waals surface area contributed by atoms with E-state index < -0.39 is 5.54 Å². The molecule has 0 atom stereocenters. The van der Waals surface area contributed by atoms with Crippen LogP contribution in [0.15, 0.2) is 12.1 Å². The zero-order valence-electron chi connectivity index (χ0n) is 10.3. The molecular formula is C13H20N2OS. The van der Waals surface area contributed by atoms with E-state index in [1.54, 1.807) is 11.3 Å². The van der Waals surface area contributed by atoms with E-state index in [1.165, 1.54) is 9.75 Å². The van der Waals surface area contributed by atoms with Gasteiger partial charge < -0.3 is 11.1 Å². The predicted octanol–water partition coefficient (Wildman–Crippen LogP) is 2.20. The van der Waals surface area contributed by atoms with E-state index in [0.29, 0.717) is 6.54 Å². The molecule has 0 unspecified atom stereocenters. The van der Waals surface area contributed by atoms with E-state index in [4.69, 9.17) is 5.73 Å². The van der Waals surface area contributed by atoms with Crippen molar-refractivity contribution in [2.24, 2.45) is 5.73 Å². The first-order valence-electron chi connectivity index (χ1n) is 6.29. The van der Waals surface area contributed by atoms with E-state index in [1.807, 2.05) is 0 Å². The summed E-state index contributed by atoms with van der Waals surface area (Å²) in [5.74, 6) is 0.0152. The van der Waals surface area contributed by atoms with Crippen LogP contribution in [-0.2, 0) is 17.8 Å². The summed E-state index contributed by atoms with van der Waals surface area (Å²) in [5.41, 5.74) is 5.48. The molecule has 0 spiro atoms. The highest BCUT2D eigenvalue weighted by Crippen LogP contribution is 2.27. The van der Waals surface area contributed by atoms with Crippen LogP contribution < -0.4 is 11.1 Å². The molecule has 1 aromatic rings. The van der Waals surface area contributed by atoms with Gasteiger partial charge in [0.1, 0.15) is 0 Å². The van der Waals surface area contributed by atoms with Crippen LogP contribution in [0, 0.1) is 0 Å². The van der Waals surface area contributed by atoms with E-state index in [0.717, 1.165) is 32.1 Å². The summed E-state index contributed by atoms with van der Waals surface area (Å²) in [6, 6.07) is 4.21. The molecule has 17 heavy (non-hydrogen) atoms. The highest BCUT2D eigenvalue weighted by Gasteiger charge is 2.36. The lowest BCUT2D eigenvalue weighted by Gasteiger charge is -2.21. The quantitative estimate of drug-likeness (QED) is 0.863. The smallest absolute Gasteiger partial charge is 0.240 e. The van der Waals surface area contributed by atoms with Gasteiger partial charge in [0.2, 0.25) is 5.91 Å². The number of carbonyl (C=O) groups is 1. The van der Waals surface area contributed by atoms with Crippen molar-refractivity contribution in [2.45, 2.75) is 51.1 Å². The molecule has 1 heterocycles. The first-order chi connectivity index (χ1) is 8.14. The molecule has 0 aromatic carbocycles. The van der Waals surface area contributed by atoms with Crippen LogP contribution in [-0.4, -0.2) is 11.4 Å². The number of carbonyl (C=O) groups excluding carboxylic acids is 1. The summed E-state index contributed by atoms with van der Waals surface area (Å²) in [6.45, 7) is 2.75. The summed E-state index contributed by atoms with van der Waals surface area (Å²) in [7, 11) is 0. The van der Waals surface area contributed by atoms with Crippen molar-refractivity contribution in [3.05, 3.63) is 21.9 Å². The lowest BCUT2D eigenvalue weighted by atomic mass is 9.98. The first kappa shape index (κ1) is 12.6. The Balaban J connectivity index is 1.87. The molecule has 2 rings (SSSR count). The molecule has 1 saturated carbocycles. The standard InChI is InChI=1S/C13H20N2OS/c1-2-10-5-6-11(17-10)9-15-12(16)13(14)7-3-4-8-13/h5-6H,2-4,7-9,14H2,1H3,(H,15,16). The van der Waals surface area contributed by atoms with E-state index in [2.05, 4.69) is 24.4 Å². The molecular weight excluding hydrogens is 232 g/mol. The molecule has 1 aromatic heterocycles. The van der Waals surface area contributed by atoms with E-state index >= 15 is 0 Å². The zero-order chi connectivity index (χ0) is 12.3. The monoisotopic (exact) mass is 252 g/mol. The summed E-state index contributed by atoms with van der Waals surface area (Å²) >= 11 is 1.76. The number of thiophene rings is 1. The largest absolute Gasteiger partial charge is 0.350 e. The molecule has 3 nitrogen and oxygen atoms in total. The van der Waals surface area contributed by atoms with Gasteiger partial charge in [-0.2, -0.15) is 0 Å². The third-order valence-electron chi connectivity index (χ3n) is 3.44. The molecule has 0 radical (unpaired) electrons. The number of nitrogens with two attached hydrogens (primary N) is 1. The topological polar surface area (TPSA) is 55.1 Å². The second kappa shape index (κ2) is 5.19. The van der Waals surface area contributed by atoms with E-state index in [-0.39, 0.29) is 5.91 Å². The second-order valence-electron chi connectivity index (χ2n) is 4.77. The number of aryl methyl sites for hydroxylation is 1. The number of nitrogens with one attached hydrogen (secondary N) is 1. The third kappa shape index (κ3) is 2.87. The van der Waals surface area contributed by atoms with Crippen molar-refractivity contribution in [2.75, 3.05) is 0 Å². The molecule has 1 fully saturated rings. The van der Waals surface area contributed by atoms with Crippen molar-refractivity contribution in [1.29, 1.82) is 0 Å². The average Bonchev–Trinajstić information content (AvgIpc) is 2.95. The number of rotatable bonds is 4. The lowest BCUT2D eigenvalue weighted by Crippen LogP contribution is -2.51. The summed E-state index contributed by atoms with van der Waals surface area (Å²) in [6.07, 6.45) is 4.85. The predicted molar refractivity (Wildman–Crippen MR) is 70.9 cm³/mol. The van der Waals surface area contributed by atoms with Gasteiger partial charge >= 0.3 is 0 Å². The van der Waals surface area contributed by atoms with Crippen LogP contribution in [0.4, 0.5) is 0 Å². The lowest BCUT2D eigenvalue weighted by molar-refractivity contribution is -0.126. The van der Waals surface area contributed by atoms with Gasteiger partial charge in [-0.1, -0.05) is 19.8 Å². The highest BCUT2D eigenvalue weighted by atomic mass is 32.1. The van der Waals surface area contributed by atoms with Gasteiger partial charge in [-0.25, -0.2) is 0 Å². The van der Waals surface area contributed by atoms with Crippen LogP contribution in [0.5, 0.6) is 0 Å². The summed E-state index contributed by atoms with van der Waals surface area (Å²) in [5, 5.41) is 2.97.